The first-order chi connectivity index (χ1) is 7.20. The predicted molar refractivity (Wildman–Crippen MR) is 60.8 cm³/mol. The number of nitrogens with two attached hydrogens (primary N) is 1. The fraction of sp³-hybridized carbons (Fsp3) is 0.417. The van der Waals surface area contributed by atoms with Gasteiger partial charge in [0.2, 0.25) is 0 Å². The van der Waals surface area contributed by atoms with Crippen molar-refractivity contribution in [2.24, 2.45) is 5.73 Å². The molecule has 0 spiro atoms. The quantitative estimate of drug-likeness (QED) is 0.836. The van der Waals surface area contributed by atoms with Crippen molar-refractivity contribution in [2.75, 3.05) is 6.54 Å². The SMILES string of the molecule is Cc1nc2ccc(C(C)CCN)cc2o1. The lowest BCUT2D eigenvalue weighted by atomic mass is 9.98. The van der Waals surface area contributed by atoms with Gasteiger partial charge in [0.25, 0.3) is 0 Å². The summed E-state index contributed by atoms with van der Waals surface area (Å²) in [7, 11) is 0. The van der Waals surface area contributed by atoms with E-state index in [-0.39, 0.29) is 0 Å². The molecule has 3 heteroatoms. The molecular weight excluding hydrogens is 188 g/mol. The lowest BCUT2D eigenvalue weighted by Crippen LogP contribution is -2.04. The fourth-order valence-electron chi connectivity index (χ4n) is 1.78. The highest BCUT2D eigenvalue weighted by Crippen LogP contribution is 2.23. The third-order valence-corrected chi connectivity index (χ3v) is 2.69. The molecule has 0 bridgehead atoms. The van der Waals surface area contributed by atoms with Crippen LogP contribution in [0.15, 0.2) is 22.6 Å². The average Bonchev–Trinajstić information content (AvgIpc) is 2.57. The molecule has 1 unspecified atom stereocenters. The molecule has 0 saturated carbocycles. The van der Waals surface area contributed by atoms with Crippen LogP contribution in [-0.4, -0.2) is 11.5 Å². The van der Waals surface area contributed by atoms with Crippen molar-refractivity contribution in [3.63, 3.8) is 0 Å². The van der Waals surface area contributed by atoms with E-state index in [4.69, 9.17) is 10.2 Å². The predicted octanol–water partition coefficient (Wildman–Crippen LogP) is 2.59. The van der Waals surface area contributed by atoms with E-state index in [0.29, 0.717) is 18.4 Å². The van der Waals surface area contributed by atoms with E-state index < -0.39 is 0 Å². The highest BCUT2D eigenvalue weighted by molar-refractivity contribution is 5.73. The summed E-state index contributed by atoms with van der Waals surface area (Å²) in [5, 5.41) is 0. The van der Waals surface area contributed by atoms with Crippen LogP contribution in [0.1, 0.15) is 30.7 Å². The molecule has 15 heavy (non-hydrogen) atoms. The third-order valence-electron chi connectivity index (χ3n) is 2.69. The topological polar surface area (TPSA) is 52.0 Å². The molecule has 0 radical (unpaired) electrons. The summed E-state index contributed by atoms with van der Waals surface area (Å²) < 4.78 is 5.49. The van der Waals surface area contributed by atoms with Crippen LogP contribution in [0.5, 0.6) is 0 Å². The summed E-state index contributed by atoms with van der Waals surface area (Å²) in [6.45, 7) is 4.76. The maximum Gasteiger partial charge on any atom is 0.192 e. The van der Waals surface area contributed by atoms with Gasteiger partial charge in [0.15, 0.2) is 11.5 Å². The summed E-state index contributed by atoms with van der Waals surface area (Å²) in [6, 6.07) is 6.18. The van der Waals surface area contributed by atoms with Gasteiger partial charge in [-0.1, -0.05) is 13.0 Å². The van der Waals surface area contributed by atoms with Crippen molar-refractivity contribution >= 4 is 11.1 Å². The van der Waals surface area contributed by atoms with Gasteiger partial charge in [-0.2, -0.15) is 0 Å². The molecular formula is C12H16N2O. The van der Waals surface area contributed by atoms with Crippen molar-refractivity contribution < 1.29 is 4.42 Å². The standard InChI is InChI=1S/C12H16N2O/c1-8(5-6-13)10-3-4-11-12(7-10)15-9(2)14-11/h3-4,7-8H,5-6,13H2,1-2H3. The monoisotopic (exact) mass is 204 g/mol. The molecule has 1 aromatic carbocycles. The molecule has 3 nitrogen and oxygen atoms in total. The van der Waals surface area contributed by atoms with Crippen molar-refractivity contribution in [1.29, 1.82) is 0 Å². The van der Waals surface area contributed by atoms with Crippen molar-refractivity contribution in [3.8, 4) is 0 Å². The van der Waals surface area contributed by atoms with Crippen molar-refractivity contribution in [1.82, 2.24) is 4.98 Å². The van der Waals surface area contributed by atoms with E-state index in [2.05, 4.69) is 24.0 Å². The van der Waals surface area contributed by atoms with Crippen LogP contribution in [0.25, 0.3) is 11.1 Å². The summed E-state index contributed by atoms with van der Waals surface area (Å²) in [5.41, 5.74) is 8.61. The van der Waals surface area contributed by atoms with Gasteiger partial charge in [-0.15, -0.1) is 0 Å². The Hall–Kier alpha value is -1.35. The van der Waals surface area contributed by atoms with Gasteiger partial charge < -0.3 is 10.2 Å². The van der Waals surface area contributed by atoms with Gasteiger partial charge >= 0.3 is 0 Å². The number of hydrogen-bond acceptors (Lipinski definition) is 3. The zero-order valence-electron chi connectivity index (χ0n) is 9.16. The van der Waals surface area contributed by atoms with E-state index in [1.807, 2.05) is 13.0 Å². The zero-order valence-corrected chi connectivity index (χ0v) is 9.16. The van der Waals surface area contributed by atoms with Gasteiger partial charge in [0.05, 0.1) is 0 Å². The van der Waals surface area contributed by atoms with Crippen LogP contribution < -0.4 is 5.73 Å². The number of aryl methyl sites for hydroxylation is 1. The van der Waals surface area contributed by atoms with Gasteiger partial charge in [-0.05, 0) is 36.6 Å². The molecule has 2 N–H and O–H groups in total. The minimum Gasteiger partial charge on any atom is -0.441 e. The fourth-order valence-corrected chi connectivity index (χ4v) is 1.78. The Labute approximate surface area is 89.3 Å². The van der Waals surface area contributed by atoms with Crippen molar-refractivity contribution in [3.05, 3.63) is 29.7 Å². The molecule has 2 aromatic rings. The Morgan fingerprint density at radius 1 is 1.47 bits per heavy atom. The summed E-state index contributed by atoms with van der Waals surface area (Å²) >= 11 is 0. The molecule has 0 aliphatic carbocycles. The number of rotatable bonds is 3. The molecule has 0 fully saturated rings. The van der Waals surface area contributed by atoms with Crippen LogP contribution in [0, 0.1) is 6.92 Å². The first-order valence-corrected chi connectivity index (χ1v) is 5.28. The van der Waals surface area contributed by atoms with E-state index >= 15 is 0 Å². The maximum atomic E-state index is 5.55. The molecule has 1 aromatic heterocycles. The van der Waals surface area contributed by atoms with Crippen LogP contribution in [0.2, 0.25) is 0 Å². The zero-order chi connectivity index (χ0) is 10.8. The molecule has 1 heterocycles. The lowest BCUT2D eigenvalue weighted by Gasteiger charge is -2.09. The second-order valence-corrected chi connectivity index (χ2v) is 3.94. The molecule has 2 rings (SSSR count). The van der Waals surface area contributed by atoms with Crippen molar-refractivity contribution in [2.45, 2.75) is 26.2 Å². The second kappa shape index (κ2) is 4.03. The second-order valence-electron chi connectivity index (χ2n) is 3.94. The smallest absolute Gasteiger partial charge is 0.192 e. The highest BCUT2D eigenvalue weighted by atomic mass is 16.3. The highest BCUT2D eigenvalue weighted by Gasteiger charge is 2.08. The van der Waals surface area contributed by atoms with E-state index in [0.717, 1.165) is 17.5 Å². The Kier molecular flexibility index (Phi) is 2.73. The van der Waals surface area contributed by atoms with Crippen LogP contribution >= 0.6 is 0 Å². The summed E-state index contributed by atoms with van der Waals surface area (Å²) in [4.78, 5) is 4.27. The van der Waals surface area contributed by atoms with Gasteiger partial charge in [-0.25, -0.2) is 4.98 Å². The summed E-state index contributed by atoms with van der Waals surface area (Å²) in [5.74, 6) is 1.19. The Morgan fingerprint density at radius 2 is 2.27 bits per heavy atom. The Morgan fingerprint density at radius 3 is 3.00 bits per heavy atom. The summed E-state index contributed by atoms with van der Waals surface area (Å²) in [6.07, 6.45) is 0.999. The molecule has 1 atom stereocenters. The number of oxazole rings is 1. The van der Waals surface area contributed by atoms with E-state index in [1.54, 1.807) is 0 Å². The molecule has 0 amide bonds. The Balaban J connectivity index is 2.37. The number of hydrogen-bond donors (Lipinski definition) is 1. The number of benzene rings is 1. The molecule has 0 aliphatic heterocycles. The van der Waals surface area contributed by atoms with Crippen LogP contribution in [-0.2, 0) is 0 Å². The van der Waals surface area contributed by atoms with E-state index in [9.17, 15) is 0 Å². The first kappa shape index (κ1) is 10.2. The van der Waals surface area contributed by atoms with Gasteiger partial charge in [-0.3, -0.25) is 0 Å². The Bertz CT molecular complexity index is 462. The first-order valence-electron chi connectivity index (χ1n) is 5.28. The van der Waals surface area contributed by atoms with E-state index in [1.165, 1.54) is 5.56 Å². The third kappa shape index (κ3) is 2.02. The largest absolute Gasteiger partial charge is 0.441 e. The van der Waals surface area contributed by atoms with Crippen LogP contribution in [0.3, 0.4) is 0 Å². The molecule has 0 aliphatic rings. The molecule has 80 valence electrons. The lowest BCUT2D eigenvalue weighted by molar-refractivity contribution is 0.560. The molecule has 0 saturated heterocycles. The minimum atomic E-state index is 0.477. The number of nitrogens with zero attached hydrogens (tertiary/aromatic N) is 1. The van der Waals surface area contributed by atoms with Crippen LogP contribution in [0.4, 0.5) is 0 Å². The number of aromatic nitrogens is 1. The normalized spacial score (nSPS) is 13.3. The minimum absolute atomic E-state index is 0.477. The number of fused-ring (bicyclic) bond motifs is 1. The maximum absolute atomic E-state index is 5.55. The van der Waals surface area contributed by atoms with Gasteiger partial charge in [0.1, 0.15) is 5.52 Å². The average molecular weight is 204 g/mol. The van der Waals surface area contributed by atoms with Gasteiger partial charge in [0, 0.05) is 6.92 Å².